The summed E-state index contributed by atoms with van der Waals surface area (Å²) in [6, 6.07) is 8.75. The lowest BCUT2D eigenvalue weighted by Gasteiger charge is -2.52. The van der Waals surface area contributed by atoms with Gasteiger partial charge < -0.3 is 14.4 Å². The molecule has 4 aliphatic rings. The Hall–Kier alpha value is -2.41. The second kappa shape index (κ2) is 8.61. The Balaban J connectivity index is 1.23. The molecule has 4 aliphatic carbocycles. The van der Waals surface area contributed by atoms with E-state index in [0.717, 1.165) is 68.4 Å². The van der Waals surface area contributed by atoms with Gasteiger partial charge in [0, 0.05) is 34.4 Å². The van der Waals surface area contributed by atoms with Gasteiger partial charge in [-0.1, -0.05) is 34.4 Å². The fraction of sp³-hybridized carbons (Fsp3) is 0.444. The van der Waals surface area contributed by atoms with E-state index >= 15 is 0 Å². The topological polar surface area (TPSA) is 85.5 Å². The van der Waals surface area contributed by atoms with E-state index in [-0.39, 0.29) is 11.0 Å². The van der Waals surface area contributed by atoms with Gasteiger partial charge in [-0.15, -0.1) is 0 Å². The van der Waals surface area contributed by atoms with Gasteiger partial charge in [0.1, 0.15) is 11.5 Å². The van der Waals surface area contributed by atoms with Crippen LogP contribution in [0.15, 0.2) is 41.1 Å². The van der Waals surface area contributed by atoms with E-state index in [0.29, 0.717) is 39.4 Å². The standard InChI is InChI=1S/C27H26Cl2N2O4/c28-19-2-1-3-20(29)22(19)23-18(24(35-31-23)16-4-5-16)15-34-27-10-7-26(8-11-27,9-12-27)21-14-17(25(32)33)6-13-30-21/h1-3,6,13-14,16H,4-5,7-12,15H2,(H,32,33). The highest BCUT2D eigenvalue weighted by atomic mass is 35.5. The lowest BCUT2D eigenvalue weighted by molar-refractivity contribution is -0.127. The molecular weight excluding hydrogens is 487 g/mol. The van der Waals surface area contributed by atoms with Gasteiger partial charge >= 0.3 is 5.97 Å². The van der Waals surface area contributed by atoms with Gasteiger partial charge in [0.2, 0.25) is 0 Å². The molecule has 0 unspecified atom stereocenters. The number of carbonyl (C=O) groups is 1. The SMILES string of the molecule is O=C(O)c1ccnc(C23CCC(OCc4c(-c5c(Cl)cccc5Cl)noc4C4CC4)(CC2)CC3)c1. The van der Waals surface area contributed by atoms with Crippen LogP contribution in [0.2, 0.25) is 10.0 Å². The number of ether oxygens (including phenoxy) is 1. The molecular formula is C27H26Cl2N2O4. The van der Waals surface area contributed by atoms with E-state index in [9.17, 15) is 9.90 Å². The van der Waals surface area contributed by atoms with Gasteiger partial charge in [-0.25, -0.2) is 4.79 Å². The van der Waals surface area contributed by atoms with Crippen molar-refractivity contribution in [3.63, 3.8) is 0 Å². The van der Waals surface area contributed by atoms with Gasteiger partial charge in [-0.3, -0.25) is 4.98 Å². The minimum absolute atomic E-state index is 0.0663. The monoisotopic (exact) mass is 512 g/mol. The molecule has 7 rings (SSSR count). The third-order valence-corrected chi connectivity index (χ3v) is 8.85. The first-order valence-corrected chi connectivity index (χ1v) is 12.9. The second-order valence-corrected chi connectivity index (χ2v) is 11.0. The minimum Gasteiger partial charge on any atom is -0.478 e. The Kier molecular flexibility index (Phi) is 5.66. The fourth-order valence-electron chi connectivity index (χ4n) is 5.88. The van der Waals surface area contributed by atoms with E-state index in [1.807, 2.05) is 18.2 Å². The molecule has 3 aromatic rings. The smallest absolute Gasteiger partial charge is 0.335 e. The third-order valence-electron chi connectivity index (χ3n) is 8.22. The normalized spacial score (nSPS) is 25.7. The van der Waals surface area contributed by atoms with Crippen molar-refractivity contribution >= 4 is 29.2 Å². The Labute approximate surface area is 213 Å². The minimum atomic E-state index is -0.913. The summed E-state index contributed by atoms with van der Waals surface area (Å²) in [6.07, 6.45) is 9.35. The number of pyridine rings is 1. The van der Waals surface area contributed by atoms with E-state index in [1.54, 1.807) is 18.3 Å². The van der Waals surface area contributed by atoms with Crippen molar-refractivity contribution in [2.24, 2.45) is 0 Å². The number of nitrogens with zero attached hydrogens (tertiary/aromatic N) is 2. The van der Waals surface area contributed by atoms with Gasteiger partial charge in [0.15, 0.2) is 0 Å². The van der Waals surface area contributed by atoms with E-state index in [4.69, 9.17) is 32.5 Å². The van der Waals surface area contributed by atoms with Crippen molar-refractivity contribution in [3.8, 4) is 11.3 Å². The zero-order valence-corrected chi connectivity index (χ0v) is 20.7. The van der Waals surface area contributed by atoms with E-state index in [2.05, 4.69) is 10.1 Å². The average molecular weight is 513 g/mol. The molecule has 1 N–H and O–H groups in total. The van der Waals surface area contributed by atoms with Gasteiger partial charge in [-0.2, -0.15) is 0 Å². The van der Waals surface area contributed by atoms with Gasteiger partial charge in [-0.05, 0) is 75.6 Å². The van der Waals surface area contributed by atoms with Crippen LogP contribution in [0.25, 0.3) is 11.3 Å². The van der Waals surface area contributed by atoms with Crippen molar-refractivity contribution in [3.05, 3.63) is 69.2 Å². The van der Waals surface area contributed by atoms with Crippen LogP contribution >= 0.6 is 23.2 Å². The Morgan fingerprint density at radius 1 is 1.09 bits per heavy atom. The molecule has 2 heterocycles. The summed E-state index contributed by atoms with van der Waals surface area (Å²) in [7, 11) is 0. The average Bonchev–Trinajstić information content (AvgIpc) is 3.64. The molecule has 0 atom stereocenters. The highest BCUT2D eigenvalue weighted by molar-refractivity contribution is 6.39. The van der Waals surface area contributed by atoms with Crippen LogP contribution in [-0.2, 0) is 16.8 Å². The molecule has 2 aromatic heterocycles. The first kappa shape index (κ1) is 23.0. The predicted octanol–water partition coefficient (Wildman–Crippen LogP) is 7.18. The molecule has 0 spiro atoms. The maximum Gasteiger partial charge on any atom is 0.335 e. The first-order chi connectivity index (χ1) is 16.9. The van der Waals surface area contributed by atoms with Crippen molar-refractivity contribution in [2.75, 3.05) is 0 Å². The molecule has 0 radical (unpaired) electrons. The first-order valence-electron chi connectivity index (χ1n) is 12.2. The number of aromatic carboxylic acids is 1. The zero-order valence-electron chi connectivity index (χ0n) is 19.2. The quantitative estimate of drug-likeness (QED) is 0.360. The van der Waals surface area contributed by atoms with Crippen LogP contribution in [-0.4, -0.2) is 26.8 Å². The fourth-order valence-corrected chi connectivity index (χ4v) is 6.46. The molecule has 0 aliphatic heterocycles. The second-order valence-electron chi connectivity index (χ2n) is 10.2. The number of carboxylic acid groups (broad SMARTS) is 1. The number of fused-ring (bicyclic) bond motifs is 3. The Morgan fingerprint density at radius 2 is 1.77 bits per heavy atom. The van der Waals surface area contributed by atoms with Crippen LogP contribution in [0.4, 0.5) is 0 Å². The number of aromatic nitrogens is 2. The number of rotatable bonds is 7. The highest BCUT2D eigenvalue weighted by Gasteiger charge is 2.51. The molecule has 2 bridgehead atoms. The molecule has 0 amide bonds. The van der Waals surface area contributed by atoms with Crippen LogP contribution in [0, 0.1) is 0 Å². The zero-order chi connectivity index (χ0) is 24.2. The number of hydrogen-bond donors (Lipinski definition) is 1. The summed E-state index contributed by atoms with van der Waals surface area (Å²) in [5, 5.41) is 14.9. The summed E-state index contributed by atoms with van der Waals surface area (Å²) in [5.74, 6) is 0.360. The largest absolute Gasteiger partial charge is 0.478 e. The number of carboxylic acids is 1. The van der Waals surface area contributed by atoms with E-state index < -0.39 is 5.97 Å². The summed E-state index contributed by atoms with van der Waals surface area (Å²) in [5.41, 5.74) is 3.25. The van der Waals surface area contributed by atoms with Crippen molar-refractivity contribution in [1.82, 2.24) is 10.1 Å². The van der Waals surface area contributed by atoms with Crippen LogP contribution < -0.4 is 0 Å². The van der Waals surface area contributed by atoms with Crippen LogP contribution in [0.1, 0.15) is 84.7 Å². The van der Waals surface area contributed by atoms with Crippen molar-refractivity contribution in [1.29, 1.82) is 0 Å². The predicted molar refractivity (Wildman–Crippen MR) is 132 cm³/mol. The lowest BCUT2D eigenvalue weighted by Crippen LogP contribution is -2.50. The molecule has 4 fully saturated rings. The molecule has 35 heavy (non-hydrogen) atoms. The number of hydrogen-bond acceptors (Lipinski definition) is 5. The summed E-state index contributed by atoms with van der Waals surface area (Å²) >= 11 is 13.0. The molecule has 0 saturated heterocycles. The molecule has 182 valence electrons. The molecule has 1 aromatic carbocycles. The third kappa shape index (κ3) is 4.05. The molecule has 6 nitrogen and oxygen atoms in total. The summed E-state index contributed by atoms with van der Waals surface area (Å²) in [4.78, 5) is 16.0. The van der Waals surface area contributed by atoms with E-state index in [1.165, 1.54) is 0 Å². The van der Waals surface area contributed by atoms with Crippen LogP contribution in [0.5, 0.6) is 0 Å². The maximum atomic E-state index is 11.5. The highest BCUT2D eigenvalue weighted by Crippen LogP contribution is 2.55. The molecule has 4 saturated carbocycles. The Morgan fingerprint density at radius 3 is 2.40 bits per heavy atom. The maximum absolute atomic E-state index is 11.5. The van der Waals surface area contributed by atoms with Gasteiger partial charge in [0.25, 0.3) is 0 Å². The van der Waals surface area contributed by atoms with Crippen LogP contribution in [0.3, 0.4) is 0 Å². The lowest BCUT2D eigenvalue weighted by atomic mass is 9.57. The summed E-state index contributed by atoms with van der Waals surface area (Å²) in [6.45, 7) is 0.409. The van der Waals surface area contributed by atoms with Crippen molar-refractivity contribution in [2.45, 2.75) is 74.9 Å². The number of benzene rings is 1. The van der Waals surface area contributed by atoms with Gasteiger partial charge in [0.05, 0.1) is 27.8 Å². The summed E-state index contributed by atoms with van der Waals surface area (Å²) < 4.78 is 12.5. The Bertz CT molecular complexity index is 1260. The molecule has 8 heteroatoms. The van der Waals surface area contributed by atoms with Crippen molar-refractivity contribution < 1.29 is 19.2 Å². The number of halogens is 2.